The lowest BCUT2D eigenvalue weighted by Crippen LogP contribution is -2.06. The van der Waals surface area contributed by atoms with E-state index in [2.05, 4.69) is 23.4 Å². The second kappa shape index (κ2) is 4.64. The lowest BCUT2D eigenvalue weighted by molar-refractivity contribution is 0.589. The van der Waals surface area contributed by atoms with Crippen molar-refractivity contribution >= 4 is 34.2 Å². The largest absolute Gasteiger partial charge is 0.325 e. The van der Waals surface area contributed by atoms with E-state index in [1.807, 2.05) is 18.2 Å². The summed E-state index contributed by atoms with van der Waals surface area (Å²) in [5.41, 5.74) is 1.96. The van der Waals surface area contributed by atoms with Gasteiger partial charge in [-0.15, -0.1) is 11.6 Å². The number of alkyl halides is 1. The maximum absolute atomic E-state index is 6.14. The summed E-state index contributed by atoms with van der Waals surface area (Å²) in [6, 6.07) is 6.23. The van der Waals surface area contributed by atoms with Gasteiger partial charge < -0.3 is 4.57 Å². The van der Waals surface area contributed by atoms with Crippen LogP contribution < -0.4 is 0 Å². The Morgan fingerprint density at radius 3 is 2.75 bits per heavy atom. The van der Waals surface area contributed by atoms with Gasteiger partial charge in [0.25, 0.3) is 0 Å². The van der Waals surface area contributed by atoms with E-state index in [0.717, 1.165) is 23.3 Å². The van der Waals surface area contributed by atoms with Crippen molar-refractivity contribution < 1.29 is 0 Å². The average Bonchev–Trinajstić information content (AvgIpc) is 2.58. The van der Waals surface area contributed by atoms with Gasteiger partial charge in [0.2, 0.25) is 0 Å². The van der Waals surface area contributed by atoms with Crippen LogP contribution in [-0.2, 0) is 6.42 Å². The molecule has 0 aliphatic carbocycles. The number of fused-ring (bicyclic) bond motifs is 1. The second-order valence-electron chi connectivity index (χ2n) is 4.04. The fourth-order valence-corrected chi connectivity index (χ4v) is 2.35. The number of aryl methyl sites for hydroxylation is 1. The van der Waals surface area contributed by atoms with Crippen LogP contribution in [0.3, 0.4) is 0 Å². The summed E-state index contributed by atoms with van der Waals surface area (Å²) in [7, 11) is 0. The molecule has 0 saturated carbocycles. The Kier molecular flexibility index (Phi) is 3.41. The van der Waals surface area contributed by atoms with Gasteiger partial charge in [0.05, 0.1) is 10.5 Å². The summed E-state index contributed by atoms with van der Waals surface area (Å²) in [6.07, 6.45) is 0.769. The van der Waals surface area contributed by atoms with Crippen LogP contribution in [0.25, 0.3) is 11.0 Å². The summed E-state index contributed by atoms with van der Waals surface area (Å²) in [6.45, 7) is 4.28. The number of rotatable bonds is 3. The van der Waals surface area contributed by atoms with Crippen LogP contribution in [0.4, 0.5) is 0 Å². The summed E-state index contributed by atoms with van der Waals surface area (Å²) < 4.78 is 2.20. The van der Waals surface area contributed by atoms with Gasteiger partial charge >= 0.3 is 0 Å². The molecule has 4 heteroatoms. The summed E-state index contributed by atoms with van der Waals surface area (Å²) in [5.74, 6) is 1.58. The zero-order chi connectivity index (χ0) is 11.7. The van der Waals surface area contributed by atoms with E-state index in [-0.39, 0.29) is 0 Å². The Morgan fingerprint density at radius 2 is 2.12 bits per heavy atom. The smallest absolute Gasteiger partial charge is 0.111 e. The Labute approximate surface area is 105 Å². The molecule has 1 aromatic carbocycles. The highest BCUT2D eigenvalue weighted by Gasteiger charge is 2.14. The first kappa shape index (κ1) is 11.7. The normalized spacial score (nSPS) is 11.6. The Bertz CT molecular complexity index is 503. The van der Waals surface area contributed by atoms with E-state index in [4.69, 9.17) is 23.2 Å². The van der Waals surface area contributed by atoms with E-state index in [1.54, 1.807) is 0 Å². The van der Waals surface area contributed by atoms with Gasteiger partial charge in [0.1, 0.15) is 11.3 Å². The molecule has 0 aliphatic heterocycles. The van der Waals surface area contributed by atoms with Crippen molar-refractivity contribution in [2.45, 2.75) is 26.3 Å². The first-order valence-corrected chi connectivity index (χ1v) is 6.27. The van der Waals surface area contributed by atoms with Crippen LogP contribution in [-0.4, -0.2) is 15.4 Å². The highest BCUT2D eigenvalue weighted by molar-refractivity contribution is 6.34. The monoisotopic (exact) mass is 256 g/mol. The third-order valence-electron chi connectivity index (χ3n) is 2.58. The number of para-hydroxylation sites is 1. The molecule has 0 spiro atoms. The molecular formula is C12H14Cl2N2. The standard InChI is InChI=1S/C12H14Cl2N2/c1-8(2)16-10-5-3-4-9(14)12(10)15-11(16)6-7-13/h3-5,8H,6-7H2,1-2H3. The molecule has 0 N–H and O–H groups in total. The van der Waals surface area contributed by atoms with Gasteiger partial charge in [-0.1, -0.05) is 17.7 Å². The van der Waals surface area contributed by atoms with Crippen molar-refractivity contribution in [3.05, 3.63) is 29.0 Å². The maximum Gasteiger partial charge on any atom is 0.111 e. The predicted molar refractivity (Wildman–Crippen MR) is 69.6 cm³/mol. The van der Waals surface area contributed by atoms with Crippen molar-refractivity contribution in [3.8, 4) is 0 Å². The van der Waals surface area contributed by atoms with Crippen LogP contribution in [0, 0.1) is 0 Å². The molecule has 0 amide bonds. The van der Waals surface area contributed by atoms with Gasteiger partial charge in [-0.25, -0.2) is 4.98 Å². The SMILES string of the molecule is CC(C)n1c(CCCl)nc2c(Cl)cccc21. The molecule has 0 saturated heterocycles. The van der Waals surface area contributed by atoms with E-state index in [0.29, 0.717) is 16.9 Å². The lowest BCUT2D eigenvalue weighted by Gasteiger charge is -2.12. The number of hydrogen-bond donors (Lipinski definition) is 0. The molecule has 86 valence electrons. The first-order valence-electron chi connectivity index (χ1n) is 5.36. The van der Waals surface area contributed by atoms with Gasteiger partial charge in [-0.05, 0) is 26.0 Å². The maximum atomic E-state index is 6.14. The molecule has 2 aromatic rings. The first-order chi connectivity index (χ1) is 7.65. The van der Waals surface area contributed by atoms with Gasteiger partial charge in [0, 0.05) is 18.3 Å². The van der Waals surface area contributed by atoms with Gasteiger partial charge in [-0.3, -0.25) is 0 Å². The minimum atomic E-state index is 0.363. The number of imidazole rings is 1. The molecule has 16 heavy (non-hydrogen) atoms. The fraction of sp³-hybridized carbons (Fsp3) is 0.417. The van der Waals surface area contributed by atoms with Crippen molar-refractivity contribution in [2.75, 3.05) is 5.88 Å². The average molecular weight is 257 g/mol. The molecule has 0 bridgehead atoms. The third-order valence-corrected chi connectivity index (χ3v) is 3.07. The van der Waals surface area contributed by atoms with Gasteiger partial charge in [0.15, 0.2) is 0 Å². The summed E-state index contributed by atoms with van der Waals surface area (Å²) in [4.78, 5) is 4.57. The molecule has 0 unspecified atom stereocenters. The van der Waals surface area contributed by atoms with Crippen molar-refractivity contribution in [2.24, 2.45) is 0 Å². The second-order valence-corrected chi connectivity index (χ2v) is 4.82. The Hall–Kier alpha value is -0.730. The zero-order valence-corrected chi connectivity index (χ0v) is 10.9. The summed E-state index contributed by atoms with van der Waals surface area (Å²) >= 11 is 11.9. The van der Waals surface area contributed by atoms with E-state index in [9.17, 15) is 0 Å². The van der Waals surface area contributed by atoms with Crippen LogP contribution in [0.1, 0.15) is 25.7 Å². The number of hydrogen-bond acceptors (Lipinski definition) is 1. The zero-order valence-electron chi connectivity index (χ0n) is 9.37. The molecule has 1 heterocycles. The van der Waals surface area contributed by atoms with E-state index >= 15 is 0 Å². The van der Waals surface area contributed by atoms with Crippen LogP contribution in [0.5, 0.6) is 0 Å². The third kappa shape index (κ3) is 1.92. The molecule has 0 fully saturated rings. The minimum absolute atomic E-state index is 0.363. The molecule has 0 radical (unpaired) electrons. The van der Waals surface area contributed by atoms with Crippen molar-refractivity contribution in [1.82, 2.24) is 9.55 Å². The molecule has 2 rings (SSSR count). The van der Waals surface area contributed by atoms with E-state index < -0.39 is 0 Å². The summed E-state index contributed by atoms with van der Waals surface area (Å²) in [5, 5.41) is 0.702. The molecule has 0 atom stereocenters. The van der Waals surface area contributed by atoms with Crippen molar-refractivity contribution in [3.63, 3.8) is 0 Å². The number of halogens is 2. The lowest BCUT2D eigenvalue weighted by atomic mass is 10.3. The predicted octanol–water partition coefficient (Wildman–Crippen LogP) is 4.05. The highest BCUT2D eigenvalue weighted by Crippen LogP contribution is 2.26. The minimum Gasteiger partial charge on any atom is -0.325 e. The van der Waals surface area contributed by atoms with Crippen LogP contribution in [0.15, 0.2) is 18.2 Å². The van der Waals surface area contributed by atoms with Gasteiger partial charge in [-0.2, -0.15) is 0 Å². The topological polar surface area (TPSA) is 17.8 Å². The number of nitrogens with zero attached hydrogens (tertiary/aromatic N) is 2. The molecule has 2 nitrogen and oxygen atoms in total. The quantitative estimate of drug-likeness (QED) is 0.758. The Balaban J connectivity index is 2.70. The molecular weight excluding hydrogens is 243 g/mol. The molecule has 0 aliphatic rings. The van der Waals surface area contributed by atoms with Crippen LogP contribution >= 0.6 is 23.2 Å². The number of benzene rings is 1. The van der Waals surface area contributed by atoms with Crippen molar-refractivity contribution in [1.29, 1.82) is 0 Å². The fourth-order valence-electron chi connectivity index (χ4n) is 1.97. The van der Waals surface area contributed by atoms with Crippen LogP contribution in [0.2, 0.25) is 5.02 Å². The highest BCUT2D eigenvalue weighted by atomic mass is 35.5. The van der Waals surface area contributed by atoms with E-state index in [1.165, 1.54) is 0 Å². The number of aromatic nitrogens is 2. The molecule has 1 aromatic heterocycles. The Morgan fingerprint density at radius 1 is 1.38 bits per heavy atom.